The molecule has 0 spiro atoms. The fraction of sp³-hybridized carbons (Fsp3) is 0.417. The smallest absolute Gasteiger partial charge is 0.235 e. The Kier molecular flexibility index (Phi) is 4.33. The maximum absolute atomic E-state index is 12.0. The van der Waals surface area contributed by atoms with Crippen LogP contribution in [0.25, 0.3) is 0 Å². The molecule has 0 radical (unpaired) electrons. The molecule has 2 rings (SSSR count). The molecule has 1 amide bonds. The first-order chi connectivity index (χ1) is 8.66. The number of carbonyl (C=O) groups is 1. The minimum absolute atomic E-state index is 0.00343. The lowest BCUT2D eigenvalue weighted by atomic mass is 10.3. The minimum Gasteiger partial charge on any atom is -0.399 e. The second-order valence-electron chi connectivity index (χ2n) is 4.06. The van der Waals surface area contributed by atoms with Crippen LogP contribution in [0.3, 0.4) is 0 Å². The van der Waals surface area contributed by atoms with Crippen LogP contribution >= 0.6 is 0 Å². The van der Waals surface area contributed by atoms with Crippen molar-refractivity contribution in [3.05, 3.63) is 24.3 Å². The Labute approximate surface area is 108 Å². The maximum atomic E-state index is 12.0. The van der Waals surface area contributed by atoms with Gasteiger partial charge in [0.25, 0.3) is 0 Å². The molecule has 0 aromatic heterocycles. The van der Waals surface area contributed by atoms with Crippen LogP contribution in [0.1, 0.15) is 0 Å². The van der Waals surface area contributed by atoms with E-state index in [1.165, 1.54) is 0 Å². The van der Waals surface area contributed by atoms with Gasteiger partial charge in [0.15, 0.2) is 0 Å². The summed E-state index contributed by atoms with van der Waals surface area (Å²) in [7, 11) is -1.34. The number of carbonyl (C=O) groups excluding carboxylic acids is 1. The van der Waals surface area contributed by atoms with Gasteiger partial charge in [-0.2, -0.15) is 0 Å². The molecule has 98 valence electrons. The summed E-state index contributed by atoms with van der Waals surface area (Å²) in [6.07, 6.45) is 0. The number of anilines is 1. The first kappa shape index (κ1) is 13.0. The highest BCUT2D eigenvalue weighted by molar-refractivity contribution is 7.85. The van der Waals surface area contributed by atoms with Gasteiger partial charge in [-0.15, -0.1) is 0 Å². The molecule has 1 fully saturated rings. The number of morpholine rings is 1. The molecular formula is C12H16N2O3S. The lowest BCUT2D eigenvalue weighted by Crippen LogP contribution is -2.42. The van der Waals surface area contributed by atoms with E-state index in [-0.39, 0.29) is 11.7 Å². The summed E-state index contributed by atoms with van der Waals surface area (Å²) in [6.45, 7) is 2.26. The van der Waals surface area contributed by atoms with Crippen LogP contribution in [-0.4, -0.2) is 47.1 Å². The van der Waals surface area contributed by atoms with E-state index in [9.17, 15) is 9.00 Å². The zero-order valence-corrected chi connectivity index (χ0v) is 10.8. The van der Waals surface area contributed by atoms with Crippen molar-refractivity contribution < 1.29 is 13.7 Å². The highest BCUT2D eigenvalue weighted by Crippen LogP contribution is 2.12. The van der Waals surface area contributed by atoms with Gasteiger partial charge in [-0.25, -0.2) is 0 Å². The fourth-order valence-corrected chi connectivity index (χ4v) is 2.83. The van der Waals surface area contributed by atoms with Crippen molar-refractivity contribution >= 4 is 22.4 Å². The van der Waals surface area contributed by atoms with Gasteiger partial charge in [-0.05, 0) is 18.2 Å². The third kappa shape index (κ3) is 3.30. The van der Waals surface area contributed by atoms with E-state index in [0.29, 0.717) is 36.9 Å². The van der Waals surface area contributed by atoms with E-state index in [1.54, 1.807) is 29.2 Å². The topological polar surface area (TPSA) is 72.6 Å². The summed E-state index contributed by atoms with van der Waals surface area (Å²) in [5, 5.41) is 0. The molecule has 5 nitrogen and oxygen atoms in total. The molecule has 1 aromatic carbocycles. The number of nitrogens with zero attached hydrogens (tertiary/aromatic N) is 1. The third-order valence-corrected chi connectivity index (χ3v) is 4.03. The van der Waals surface area contributed by atoms with Gasteiger partial charge in [0.1, 0.15) is 5.75 Å². The van der Waals surface area contributed by atoms with Crippen LogP contribution in [-0.2, 0) is 20.3 Å². The second kappa shape index (κ2) is 5.97. The van der Waals surface area contributed by atoms with E-state index in [1.807, 2.05) is 0 Å². The number of nitrogen functional groups attached to an aromatic ring is 1. The molecule has 1 aliphatic rings. The average molecular weight is 268 g/mol. The standard InChI is InChI=1S/C12H16N2O3S/c13-10-2-1-3-11(8-10)18(16)9-12(15)14-4-6-17-7-5-14/h1-3,8H,4-7,9,13H2. The van der Waals surface area contributed by atoms with Crippen molar-refractivity contribution in [3.63, 3.8) is 0 Å². The van der Waals surface area contributed by atoms with Crippen LogP contribution in [0.4, 0.5) is 5.69 Å². The molecule has 6 heteroatoms. The molecule has 1 atom stereocenters. The second-order valence-corrected chi connectivity index (χ2v) is 5.51. The van der Waals surface area contributed by atoms with E-state index >= 15 is 0 Å². The number of hydrogen-bond donors (Lipinski definition) is 1. The quantitative estimate of drug-likeness (QED) is 0.797. The highest BCUT2D eigenvalue weighted by Gasteiger charge is 2.19. The molecule has 18 heavy (non-hydrogen) atoms. The first-order valence-corrected chi connectivity index (χ1v) is 7.08. The van der Waals surface area contributed by atoms with Gasteiger partial charge < -0.3 is 15.4 Å². The predicted octanol–water partition coefficient (Wildman–Crippen LogP) is 0.235. The Morgan fingerprint density at radius 3 is 2.78 bits per heavy atom. The Balaban J connectivity index is 1.96. The summed E-state index contributed by atoms with van der Waals surface area (Å²) in [6, 6.07) is 6.83. The van der Waals surface area contributed by atoms with Crippen molar-refractivity contribution in [3.8, 4) is 0 Å². The van der Waals surface area contributed by atoms with Crippen molar-refractivity contribution in [2.24, 2.45) is 0 Å². The molecule has 0 aliphatic carbocycles. The number of rotatable bonds is 3. The lowest BCUT2D eigenvalue weighted by molar-refractivity contribution is -0.132. The van der Waals surface area contributed by atoms with Crippen molar-refractivity contribution in [2.45, 2.75) is 4.90 Å². The number of amides is 1. The van der Waals surface area contributed by atoms with E-state index in [2.05, 4.69) is 0 Å². The molecular weight excluding hydrogens is 252 g/mol. The summed E-state index contributed by atoms with van der Waals surface area (Å²) in [4.78, 5) is 14.2. The van der Waals surface area contributed by atoms with E-state index in [4.69, 9.17) is 10.5 Å². The zero-order chi connectivity index (χ0) is 13.0. The monoisotopic (exact) mass is 268 g/mol. The largest absolute Gasteiger partial charge is 0.399 e. The zero-order valence-electron chi connectivity index (χ0n) is 10.0. The normalized spacial score (nSPS) is 17.4. The summed E-state index contributed by atoms with van der Waals surface area (Å²) >= 11 is 0. The summed E-state index contributed by atoms with van der Waals surface area (Å²) < 4.78 is 17.2. The van der Waals surface area contributed by atoms with Crippen LogP contribution < -0.4 is 5.73 Å². The van der Waals surface area contributed by atoms with Gasteiger partial charge >= 0.3 is 0 Å². The number of hydrogen-bond acceptors (Lipinski definition) is 4. The molecule has 1 heterocycles. The Morgan fingerprint density at radius 2 is 2.11 bits per heavy atom. The molecule has 0 bridgehead atoms. The minimum atomic E-state index is -1.34. The van der Waals surface area contributed by atoms with Gasteiger partial charge in [-0.1, -0.05) is 6.07 Å². The molecule has 0 saturated carbocycles. The fourth-order valence-electron chi connectivity index (χ4n) is 1.76. The van der Waals surface area contributed by atoms with Crippen LogP contribution in [0.15, 0.2) is 29.2 Å². The van der Waals surface area contributed by atoms with Crippen LogP contribution in [0.2, 0.25) is 0 Å². The Morgan fingerprint density at radius 1 is 1.39 bits per heavy atom. The van der Waals surface area contributed by atoms with E-state index < -0.39 is 10.8 Å². The number of benzene rings is 1. The van der Waals surface area contributed by atoms with Crippen molar-refractivity contribution in [1.29, 1.82) is 0 Å². The predicted molar refractivity (Wildman–Crippen MR) is 69.5 cm³/mol. The van der Waals surface area contributed by atoms with Crippen LogP contribution in [0.5, 0.6) is 0 Å². The average Bonchev–Trinajstić information content (AvgIpc) is 2.39. The number of nitrogens with two attached hydrogens (primary N) is 1. The molecule has 1 aromatic rings. The lowest BCUT2D eigenvalue weighted by Gasteiger charge is -2.26. The Hall–Kier alpha value is -1.40. The molecule has 1 aliphatic heterocycles. The first-order valence-electron chi connectivity index (χ1n) is 5.76. The van der Waals surface area contributed by atoms with Crippen molar-refractivity contribution in [1.82, 2.24) is 4.90 Å². The highest BCUT2D eigenvalue weighted by atomic mass is 32.2. The maximum Gasteiger partial charge on any atom is 0.235 e. The van der Waals surface area contributed by atoms with Crippen molar-refractivity contribution in [2.75, 3.05) is 37.8 Å². The van der Waals surface area contributed by atoms with Gasteiger partial charge in [0.05, 0.1) is 24.0 Å². The van der Waals surface area contributed by atoms with Crippen LogP contribution in [0, 0.1) is 0 Å². The molecule has 1 unspecified atom stereocenters. The van der Waals surface area contributed by atoms with E-state index in [0.717, 1.165) is 0 Å². The summed E-state index contributed by atoms with van der Waals surface area (Å²) in [5.41, 5.74) is 6.18. The number of ether oxygens (including phenoxy) is 1. The summed E-state index contributed by atoms with van der Waals surface area (Å²) in [5.74, 6) is -0.0947. The van der Waals surface area contributed by atoms with Gasteiger partial charge in [-0.3, -0.25) is 9.00 Å². The molecule has 2 N–H and O–H groups in total. The molecule has 1 saturated heterocycles. The Bertz CT molecular complexity index is 458. The SMILES string of the molecule is Nc1cccc(S(=O)CC(=O)N2CCOCC2)c1. The van der Waals surface area contributed by atoms with Gasteiger partial charge in [0.2, 0.25) is 5.91 Å². The third-order valence-electron chi connectivity index (χ3n) is 2.74. The van der Waals surface area contributed by atoms with Gasteiger partial charge in [0, 0.05) is 23.7 Å².